The molecule has 0 aliphatic carbocycles. The van der Waals surface area contributed by atoms with E-state index in [0.29, 0.717) is 10.7 Å². The first kappa shape index (κ1) is 21.6. The van der Waals surface area contributed by atoms with Crippen LogP contribution in [0.3, 0.4) is 0 Å². The van der Waals surface area contributed by atoms with E-state index >= 15 is 0 Å². The van der Waals surface area contributed by atoms with Gasteiger partial charge in [0.05, 0.1) is 21.7 Å². The van der Waals surface area contributed by atoms with Gasteiger partial charge in [-0.3, -0.25) is 9.52 Å². The van der Waals surface area contributed by atoms with Gasteiger partial charge in [0.1, 0.15) is 0 Å². The number of carbonyl (C=O) groups is 2. The quantitative estimate of drug-likeness (QED) is 0.487. The number of carboxylic acid groups (broad SMARTS) is 1. The second kappa shape index (κ2) is 8.74. The number of hydrogen-bond acceptors (Lipinski definition) is 4. The van der Waals surface area contributed by atoms with Crippen LogP contribution in [0.2, 0.25) is 10.0 Å². The van der Waals surface area contributed by atoms with Gasteiger partial charge >= 0.3 is 5.97 Å². The zero-order valence-corrected chi connectivity index (χ0v) is 17.4. The summed E-state index contributed by atoms with van der Waals surface area (Å²) in [6.07, 6.45) is 0. The van der Waals surface area contributed by atoms with Gasteiger partial charge in [-0.1, -0.05) is 23.2 Å². The zero-order valence-electron chi connectivity index (χ0n) is 15.1. The van der Waals surface area contributed by atoms with E-state index in [0.717, 1.165) is 0 Å². The van der Waals surface area contributed by atoms with Crippen molar-refractivity contribution in [2.75, 3.05) is 10.0 Å². The Morgan fingerprint density at radius 1 is 0.833 bits per heavy atom. The monoisotopic (exact) mass is 464 g/mol. The number of aromatic carboxylic acids is 1. The third kappa shape index (κ3) is 5.10. The maximum absolute atomic E-state index is 12.7. The second-order valence-corrected chi connectivity index (χ2v) is 8.64. The Hall–Kier alpha value is -3.07. The van der Waals surface area contributed by atoms with Crippen molar-refractivity contribution >= 4 is 56.5 Å². The van der Waals surface area contributed by atoms with Gasteiger partial charge in [0.15, 0.2) is 0 Å². The molecule has 0 aliphatic heterocycles. The first-order chi connectivity index (χ1) is 14.2. The SMILES string of the molecule is O=C(O)c1ccc(NC(=O)c2ccc(Cl)cc2NS(=O)(=O)c2ccc(Cl)cc2)cc1. The highest BCUT2D eigenvalue weighted by atomic mass is 35.5. The minimum absolute atomic E-state index is 0.0166. The standard InChI is InChI=1S/C20H14Cl2N2O5S/c21-13-3-8-16(9-4-13)30(28,29)24-18-11-14(22)5-10-17(18)19(25)23-15-6-1-12(2-7-15)20(26)27/h1-11,24H,(H,23,25)(H,26,27). The Labute approximate surface area is 182 Å². The molecule has 0 atom stereocenters. The molecular formula is C20H14Cl2N2O5S. The predicted octanol–water partition coefficient (Wildman–Crippen LogP) is 4.74. The van der Waals surface area contributed by atoms with Crippen LogP contribution in [-0.4, -0.2) is 25.4 Å². The predicted molar refractivity (Wildman–Crippen MR) is 115 cm³/mol. The molecule has 0 fully saturated rings. The molecule has 3 N–H and O–H groups in total. The minimum Gasteiger partial charge on any atom is -0.478 e. The molecule has 0 bridgehead atoms. The van der Waals surface area contributed by atoms with Crippen LogP contribution >= 0.6 is 23.2 Å². The van der Waals surface area contributed by atoms with Crippen molar-refractivity contribution in [1.29, 1.82) is 0 Å². The highest BCUT2D eigenvalue weighted by Gasteiger charge is 2.19. The number of anilines is 2. The molecular weight excluding hydrogens is 451 g/mol. The first-order valence-electron chi connectivity index (χ1n) is 8.38. The fourth-order valence-corrected chi connectivity index (χ4v) is 3.88. The minimum atomic E-state index is -4.00. The van der Waals surface area contributed by atoms with Gasteiger partial charge in [-0.05, 0) is 66.7 Å². The summed E-state index contributed by atoms with van der Waals surface area (Å²) < 4.78 is 27.7. The summed E-state index contributed by atoms with van der Waals surface area (Å²) in [4.78, 5) is 23.6. The third-order valence-corrected chi connectivity index (χ3v) is 5.85. The summed E-state index contributed by atoms with van der Waals surface area (Å²) in [6.45, 7) is 0. The number of amides is 1. The van der Waals surface area contributed by atoms with E-state index in [4.69, 9.17) is 28.3 Å². The molecule has 0 saturated heterocycles. The van der Waals surface area contributed by atoms with Crippen LogP contribution in [0.25, 0.3) is 0 Å². The Kier molecular flexibility index (Phi) is 6.31. The smallest absolute Gasteiger partial charge is 0.335 e. The molecule has 0 saturated carbocycles. The van der Waals surface area contributed by atoms with E-state index in [9.17, 15) is 18.0 Å². The molecule has 30 heavy (non-hydrogen) atoms. The van der Waals surface area contributed by atoms with Crippen LogP contribution in [0.5, 0.6) is 0 Å². The highest BCUT2D eigenvalue weighted by Crippen LogP contribution is 2.26. The lowest BCUT2D eigenvalue weighted by Gasteiger charge is -2.13. The Morgan fingerprint density at radius 2 is 1.43 bits per heavy atom. The van der Waals surface area contributed by atoms with Gasteiger partial charge in [0.25, 0.3) is 15.9 Å². The second-order valence-electron chi connectivity index (χ2n) is 6.09. The van der Waals surface area contributed by atoms with Crippen molar-refractivity contribution in [3.63, 3.8) is 0 Å². The van der Waals surface area contributed by atoms with Crippen molar-refractivity contribution < 1.29 is 23.1 Å². The summed E-state index contributed by atoms with van der Waals surface area (Å²) >= 11 is 11.8. The maximum Gasteiger partial charge on any atom is 0.335 e. The normalized spacial score (nSPS) is 11.0. The van der Waals surface area contributed by atoms with Gasteiger partial charge < -0.3 is 10.4 Å². The van der Waals surface area contributed by atoms with Crippen LogP contribution < -0.4 is 10.0 Å². The summed E-state index contributed by atoms with van der Waals surface area (Å²) in [5, 5.41) is 12.1. The van der Waals surface area contributed by atoms with E-state index < -0.39 is 21.9 Å². The molecule has 0 aliphatic rings. The lowest BCUT2D eigenvalue weighted by atomic mass is 10.1. The van der Waals surface area contributed by atoms with Crippen LogP contribution in [-0.2, 0) is 10.0 Å². The summed E-state index contributed by atoms with van der Waals surface area (Å²) in [7, 11) is -4.00. The Balaban J connectivity index is 1.88. The number of carboxylic acids is 1. The average molecular weight is 465 g/mol. The Bertz CT molecular complexity index is 1210. The molecule has 0 aromatic heterocycles. The number of hydrogen-bond donors (Lipinski definition) is 3. The van der Waals surface area contributed by atoms with Crippen LogP contribution in [0, 0.1) is 0 Å². The average Bonchev–Trinajstić information content (AvgIpc) is 2.68. The van der Waals surface area contributed by atoms with Crippen molar-refractivity contribution in [2.24, 2.45) is 0 Å². The van der Waals surface area contributed by atoms with E-state index in [2.05, 4.69) is 10.0 Å². The molecule has 0 unspecified atom stereocenters. The summed E-state index contributed by atoms with van der Waals surface area (Å²) in [5.41, 5.74) is 0.415. The van der Waals surface area contributed by atoms with Crippen molar-refractivity contribution in [3.05, 3.63) is 87.9 Å². The first-order valence-corrected chi connectivity index (χ1v) is 10.6. The fourth-order valence-electron chi connectivity index (χ4n) is 2.51. The largest absolute Gasteiger partial charge is 0.478 e. The number of benzene rings is 3. The van der Waals surface area contributed by atoms with Crippen LogP contribution in [0.15, 0.2) is 71.6 Å². The van der Waals surface area contributed by atoms with Crippen LogP contribution in [0.1, 0.15) is 20.7 Å². The van der Waals surface area contributed by atoms with Crippen LogP contribution in [0.4, 0.5) is 11.4 Å². The number of sulfonamides is 1. The molecule has 154 valence electrons. The van der Waals surface area contributed by atoms with Gasteiger partial charge in [0, 0.05) is 15.7 Å². The van der Waals surface area contributed by atoms with Crippen molar-refractivity contribution in [2.45, 2.75) is 4.90 Å². The molecule has 10 heteroatoms. The van der Waals surface area contributed by atoms with E-state index in [1.54, 1.807) is 0 Å². The molecule has 3 aromatic carbocycles. The lowest BCUT2D eigenvalue weighted by molar-refractivity contribution is 0.0696. The van der Waals surface area contributed by atoms with Gasteiger partial charge in [-0.15, -0.1) is 0 Å². The molecule has 3 aromatic rings. The number of carbonyl (C=O) groups excluding carboxylic acids is 1. The van der Waals surface area contributed by atoms with E-state index in [-0.39, 0.29) is 26.7 Å². The molecule has 7 nitrogen and oxygen atoms in total. The molecule has 0 spiro atoms. The van der Waals surface area contributed by atoms with Gasteiger partial charge in [-0.2, -0.15) is 0 Å². The maximum atomic E-state index is 12.7. The molecule has 0 radical (unpaired) electrons. The van der Waals surface area contributed by atoms with E-state index in [1.165, 1.54) is 66.7 Å². The Morgan fingerprint density at radius 3 is 2.03 bits per heavy atom. The summed E-state index contributed by atoms with van der Waals surface area (Å²) in [6, 6.07) is 15.2. The third-order valence-electron chi connectivity index (χ3n) is 3.98. The van der Waals surface area contributed by atoms with Gasteiger partial charge in [0.2, 0.25) is 0 Å². The lowest BCUT2D eigenvalue weighted by Crippen LogP contribution is -2.18. The molecule has 1 amide bonds. The zero-order chi connectivity index (χ0) is 21.9. The van der Waals surface area contributed by atoms with E-state index in [1.807, 2.05) is 0 Å². The fraction of sp³-hybridized carbons (Fsp3) is 0. The van der Waals surface area contributed by atoms with Crippen molar-refractivity contribution in [1.82, 2.24) is 0 Å². The van der Waals surface area contributed by atoms with Crippen molar-refractivity contribution in [3.8, 4) is 0 Å². The number of rotatable bonds is 6. The van der Waals surface area contributed by atoms with Gasteiger partial charge in [-0.25, -0.2) is 13.2 Å². The highest BCUT2D eigenvalue weighted by molar-refractivity contribution is 7.92. The number of halogens is 2. The number of nitrogens with one attached hydrogen (secondary N) is 2. The topological polar surface area (TPSA) is 113 Å². The molecule has 3 rings (SSSR count). The summed E-state index contributed by atoms with van der Waals surface area (Å²) in [5.74, 6) is -1.70. The molecule has 0 heterocycles.